The molecule has 5 rings (SSSR count). The predicted octanol–water partition coefficient (Wildman–Crippen LogP) is 6.46. The van der Waals surface area contributed by atoms with Gasteiger partial charge in [0, 0.05) is 34.1 Å². The third-order valence-electron chi connectivity index (χ3n) is 5.40. The van der Waals surface area contributed by atoms with Crippen molar-refractivity contribution in [3.8, 4) is 33.9 Å². The Hall–Kier alpha value is -3.44. The normalized spacial score (nSPS) is 11.2. The molecule has 0 atom stereocenters. The van der Waals surface area contributed by atoms with Crippen molar-refractivity contribution >= 4 is 17.4 Å². The fraction of sp³-hybridized carbons (Fsp3) is 0.115. The summed E-state index contributed by atoms with van der Waals surface area (Å²) in [5, 5.41) is 0. The SMILES string of the molecule is CSc1ccc(-c2cc(-c3c(-c4cccc(C)n4)nc4c(C)cccn34)ccn2)cc1. The van der Waals surface area contributed by atoms with E-state index in [1.807, 2.05) is 37.4 Å². The molecule has 0 spiro atoms. The van der Waals surface area contributed by atoms with Gasteiger partial charge >= 0.3 is 0 Å². The van der Waals surface area contributed by atoms with Crippen LogP contribution in [0.5, 0.6) is 0 Å². The number of benzene rings is 1. The summed E-state index contributed by atoms with van der Waals surface area (Å²) in [6.07, 6.45) is 6.02. The number of pyridine rings is 3. The van der Waals surface area contributed by atoms with E-state index in [0.29, 0.717) is 0 Å². The van der Waals surface area contributed by atoms with Crippen molar-refractivity contribution < 1.29 is 0 Å². The van der Waals surface area contributed by atoms with E-state index in [0.717, 1.165) is 50.8 Å². The van der Waals surface area contributed by atoms with E-state index < -0.39 is 0 Å². The maximum absolute atomic E-state index is 5.00. The number of nitrogens with zero attached hydrogens (tertiary/aromatic N) is 4. The van der Waals surface area contributed by atoms with E-state index in [-0.39, 0.29) is 0 Å². The van der Waals surface area contributed by atoms with E-state index in [1.165, 1.54) is 4.90 Å². The molecule has 4 nitrogen and oxygen atoms in total. The van der Waals surface area contributed by atoms with Gasteiger partial charge < -0.3 is 0 Å². The fourth-order valence-corrected chi connectivity index (χ4v) is 4.24. The summed E-state index contributed by atoms with van der Waals surface area (Å²) in [5.41, 5.74) is 8.94. The van der Waals surface area contributed by atoms with E-state index in [2.05, 4.69) is 71.2 Å². The number of rotatable bonds is 4. The van der Waals surface area contributed by atoms with Crippen LogP contribution >= 0.6 is 11.8 Å². The summed E-state index contributed by atoms with van der Waals surface area (Å²) in [7, 11) is 0. The van der Waals surface area contributed by atoms with Crippen LogP contribution in [-0.2, 0) is 0 Å². The summed E-state index contributed by atoms with van der Waals surface area (Å²) in [5.74, 6) is 0. The molecule has 152 valence electrons. The summed E-state index contributed by atoms with van der Waals surface area (Å²) in [6.45, 7) is 4.10. The number of imidazole rings is 1. The zero-order chi connectivity index (χ0) is 21.4. The zero-order valence-electron chi connectivity index (χ0n) is 17.7. The molecule has 0 N–H and O–H groups in total. The van der Waals surface area contributed by atoms with Crippen LogP contribution in [0.25, 0.3) is 39.5 Å². The Balaban J connectivity index is 1.73. The third kappa shape index (κ3) is 3.62. The van der Waals surface area contributed by atoms with E-state index in [9.17, 15) is 0 Å². The standard InChI is InChI=1S/C26H22N4S/c1-17-6-5-15-30-25(24(29-26(17)30)22-8-4-7-18(2)28-22)20-13-14-27-23(16-20)19-9-11-21(31-3)12-10-19/h4-16H,1-3H3. The largest absolute Gasteiger partial charge is 0.299 e. The first-order valence-corrected chi connectivity index (χ1v) is 11.4. The molecule has 0 saturated heterocycles. The minimum Gasteiger partial charge on any atom is -0.299 e. The molecule has 31 heavy (non-hydrogen) atoms. The van der Waals surface area contributed by atoms with Gasteiger partial charge in [0.05, 0.1) is 17.1 Å². The second-order valence-electron chi connectivity index (χ2n) is 7.52. The average Bonchev–Trinajstić information content (AvgIpc) is 3.20. The van der Waals surface area contributed by atoms with Crippen molar-refractivity contribution in [1.82, 2.24) is 19.4 Å². The topological polar surface area (TPSA) is 43.1 Å². The lowest BCUT2D eigenvalue weighted by Gasteiger charge is -2.09. The lowest BCUT2D eigenvalue weighted by molar-refractivity contribution is 1.16. The molecule has 0 aliphatic rings. The van der Waals surface area contributed by atoms with Gasteiger partial charge in [-0.3, -0.25) is 14.4 Å². The van der Waals surface area contributed by atoms with Crippen LogP contribution in [0, 0.1) is 13.8 Å². The second kappa shape index (κ2) is 8.00. The van der Waals surface area contributed by atoms with Gasteiger partial charge in [0.15, 0.2) is 0 Å². The Morgan fingerprint density at radius 2 is 1.65 bits per heavy atom. The first kappa shape index (κ1) is 19.5. The molecule has 0 aliphatic carbocycles. The number of thioether (sulfide) groups is 1. The van der Waals surface area contributed by atoms with Crippen LogP contribution in [0.4, 0.5) is 0 Å². The van der Waals surface area contributed by atoms with Crippen LogP contribution in [0.3, 0.4) is 0 Å². The number of aromatic nitrogens is 4. The minimum atomic E-state index is 0.876. The Bertz CT molecular complexity index is 1390. The van der Waals surface area contributed by atoms with Crippen molar-refractivity contribution in [2.75, 3.05) is 6.26 Å². The first-order chi connectivity index (χ1) is 15.1. The monoisotopic (exact) mass is 422 g/mol. The van der Waals surface area contributed by atoms with Gasteiger partial charge in [-0.25, -0.2) is 4.98 Å². The molecule has 5 heteroatoms. The highest BCUT2D eigenvalue weighted by Gasteiger charge is 2.18. The number of aryl methyl sites for hydroxylation is 2. The van der Waals surface area contributed by atoms with E-state index in [4.69, 9.17) is 9.97 Å². The number of hydrogen-bond donors (Lipinski definition) is 0. The van der Waals surface area contributed by atoms with Gasteiger partial charge in [-0.15, -0.1) is 11.8 Å². The molecule has 4 heterocycles. The molecule has 0 saturated carbocycles. The number of hydrogen-bond acceptors (Lipinski definition) is 4. The smallest absolute Gasteiger partial charge is 0.140 e. The summed E-state index contributed by atoms with van der Waals surface area (Å²) in [4.78, 5) is 15.6. The molecule has 0 fully saturated rings. The summed E-state index contributed by atoms with van der Waals surface area (Å²) < 4.78 is 2.16. The Morgan fingerprint density at radius 1 is 0.806 bits per heavy atom. The third-order valence-corrected chi connectivity index (χ3v) is 6.14. The average molecular weight is 423 g/mol. The van der Waals surface area contributed by atoms with Gasteiger partial charge in [0.1, 0.15) is 11.3 Å². The maximum atomic E-state index is 5.00. The van der Waals surface area contributed by atoms with Crippen molar-refractivity contribution in [2.45, 2.75) is 18.7 Å². The molecule has 0 unspecified atom stereocenters. The molecule has 0 radical (unpaired) electrons. The van der Waals surface area contributed by atoms with Gasteiger partial charge in [-0.1, -0.05) is 24.3 Å². The highest BCUT2D eigenvalue weighted by molar-refractivity contribution is 7.98. The molecule has 1 aromatic carbocycles. The van der Waals surface area contributed by atoms with Crippen LogP contribution in [0.1, 0.15) is 11.3 Å². The van der Waals surface area contributed by atoms with Crippen molar-refractivity contribution in [1.29, 1.82) is 0 Å². The molecule has 0 amide bonds. The van der Waals surface area contributed by atoms with Crippen molar-refractivity contribution in [3.63, 3.8) is 0 Å². The predicted molar refractivity (Wildman–Crippen MR) is 128 cm³/mol. The lowest BCUT2D eigenvalue weighted by Crippen LogP contribution is -1.93. The highest BCUT2D eigenvalue weighted by atomic mass is 32.2. The Labute approximate surface area is 186 Å². The molecule has 0 bridgehead atoms. The number of fused-ring (bicyclic) bond motifs is 1. The first-order valence-electron chi connectivity index (χ1n) is 10.2. The van der Waals surface area contributed by atoms with Crippen LogP contribution in [0.2, 0.25) is 0 Å². The van der Waals surface area contributed by atoms with Gasteiger partial charge in [0.25, 0.3) is 0 Å². The van der Waals surface area contributed by atoms with E-state index in [1.54, 1.807) is 11.8 Å². The molecule has 5 aromatic rings. The fourth-order valence-electron chi connectivity index (χ4n) is 3.83. The maximum Gasteiger partial charge on any atom is 0.140 e. The molecule has 0 aliphatic heterocycles. The molecular weight excluding hydrogens is 400 g/mol. The highest BCUT2D eigenvalue weighted by Crippen LogP contribution is 2.34. The van der Waals surface area contributed by atoms with Crippen molar-refractivity contribution in [2.24, 2.45) is 0 Å². The van der Waals surface area contributed by atoms with E-state index >= 15 is 0 Å². The van der Waals surface area contributed by atoms with Gasteiger partial charge in [-0.2, -0.15) is 0 Å². The summed E-state index contributed by atoms with van der Waals surface area (Å²) in [6, 6.07) is 22.9. The second-order valence-corrected chi connectivity index (χ2v) is 8.40. The van der Waals surface area contributed by atoms with Gasteiger partial charge in [0.2, 0.25) is 0 Å². The summed E-state index contributed by atoms with van der Waals surface area (Å²) >= 11 is 1.74. The van der Waals surface area contributed by atoms with Crippen molar-refractivity contribution in [3.05, 3.63) is 90.4 Å². The zero-order valence-corrected chi connectivity index (χ0v) is 18.5. The molecule has 4 aromatic heterocycles. The van der Waals surface area contributed by atoms with Gasteiger partial charge in [-0.05, 0) is 68.1 Å². The van der Waals surface area contributed by atoms with Crippen LogP contribution in [0.15, 0.2) is 84.0 Å². The lowest BCUT2D eigenvalue weighted by atomic mass is 10.0. The Kier molecular flexibility index (Phi) is 5.04. The van der Waals surface area contributed by atoms with Crippen LogP contribution in [-0.4, -0.2) is 25.6 Å². The van der Waals surface area contributed by atoms with Crippen LogP contribution < -0.4 is 0 Å². The quantitative estimate of drug-likeness (QED) is 0.312. The Morgan fingerprint density at radius 3 is 2.42 bits per heavy atom. The molecular formula is C26H22N4S. The minimum absolute atomic E-state index is 0.876.